The molecule has 1 saturated heterocycles. The third-order valence-corrected chi connectivity index (χ3v) is 4.17. The lowest BCUT2D eigenvalue weighted by Crippen LogP contribution is -2.25. The van der Waals surface area contributed by atoms with E-state index in [2.05, 4.69) is 15.9 Å². The first-order valence-corrected chi connectivity index (χ1v) is 6.65. The molecule has 1 N–H and O–H groups in total. The Balaban J connectivity index is 2.47. The minimum absolute atomic E-state index is 0.125. The van der Waals surface area contributed by atoms with Gasteiger partial charge in [0.15, 0.2) is 0 Å². The molecular weight excluding hydrogens is 339 g/mol. The molecule has 1 fully saturated rings. The number of rotatable bonds is 3. The Kier molecular flexibility index (Phi) is 4.07. The molecule has 8 heteroatoms. The molecule has 1 heterocycles. The van der Waals surface area contributed by atoms with Gasteiger partial charge in [-0.05, 0) is 22.0 Å². The van der Waals surface area contributed by atoms with Crippen LogP contribution < -0.4 is 4.90 Å². The number of aliphatic hydroxyl groups is 1. The van der Waals surface area contributed by atoms with Crippen molar-refractivity contribution in [2.45, 2.75) is 6.42 Å². The smallest absolute Gasteiger partial charge is 0.294 e. The second-order valence-electron chi connectivity index (χ2n) is 4.27. The maximum Gasteiger partial charge on any atom is 0.294 e. The molecule has 1 aliphatic rings. The second kappa shape index (κ2) is 5.44. The van der Waals surface area contributed by atoms with E-state index in [-0.39, 0.29) is 42.8 Å². The van der Waals surface area contributed by atoms with E-state index in [0.717, 1.165) is 0 Å². The van der Waals surface area contributed by atoms with E-state index in [1.165, 1.54) is 17.0 Å². The Labute approximate surface area is 122 Å². The Morgan fingerprint density at radius 3 is 2.79 bits per heavy atom. The van der Waals surface area contributed by atoms with Crippen LogP contribution in [-0.4, -0.2) is 29.1 Å². The lowest BCUT2D eigenvalue weighted by molar-refractivity contribution is -0.384. The molecular formula is C11H10BrClN2O4. The van der Waals surface area contributed by atoms with Gasteiger partial charge in [0.1, 0.15) is 5.69 Å². The highest BCUT2D eigenvalue weighted by Gasteiger charge is 2.34. The zero-order valence-corrected chi connectivity index (χ0v) is 12.0. The number of anilines is 1. The van der Waals surface area contributed by atoms with E-state index in [4.69, 9.17) is 16.7 Å². The summed E-state index contributed by atoms with van der Waals surface area (Å²) in [5, 5.41) is 20.4. The average molecular weight is 350 g/mol. The van der Waals surface area contributed by atoms with Crippen LogP contribution in [0.3, 0.4) is 0 Å². The molecule has 102 valence electrons. The van der Waals surface area contributed by atoms with Crippen molar-refractivity contribution in [3.8, 4) is 0 Å². The number of nitro groups is 1. The molecule has 19 heavy (non-hydrogen) atoms. The quantitative estimate of drug-likeness (QED) is 0.670. The van der Waals surface area contributed by atoms with Crippen molar-refractivity contribution in [3.05, 3.63) is 31.7 Å². The topological polar surface area (TPSA) is 83.7 Å². The number of benzene rings is 1. The number of halogens is 2. The van der Waals surface area contributed by atoms with E-state index in [9.17, 15) is 14.9 Å². The lowest BCUT2D eigenvalue weighted by atomic mass is 10.1. The average Bonchev–Trinajstić information content (AvgIpc) is 2.73. The normalized spacial score (nSPS) is 19.0. The zero-order chi connectivity index (χ0) is 14.2. The fraction of sp³-hybridized carbons (Fsp3) is 0.364. The predicted octanol–water partition coefficient (Wildman–Crippen LogP) is 2.36. The Morgan fingerprint density at radius 2 is 2.26 bits per heavy atom. The van der Waals surface area contributed by atoms with E-state index < -0.39 is 4.92 Å². The number of nitrogens with zero attached hydrogens (tertiary/aromatic N) is 2. The van der Waals surface area contributed by atoms with Gasteiger partial charge in [0.25, 0.3) is 5.69 Å². The molecule has 0 spiro atoms. The SMILES string of the molecule is O=C1CC(CO)CN1c1cc(Cl)c(Br)cc1[N+](=O)[O-]. The number of nitro benzene ring substituents is 1. The number of amides is 1. The minimum Gasteiger partial charge on any atom is -0.396 e. The van der Waals surface area contributed by atoms with Crippen molar-refractivity contribution in [1.82, 2.24) is 0 Å². The molecule has 6 nitrogen and oxygen atoms in total. The third-order valence-electron chi connectivity index (χ3n) is 2.97. The number of hydrogen-bond donors (Lipinski definition) is 1. The summed E-state index contributed by atoms with van der Waals surface area (Å²) in [7, 11) is 0. The van der Waals surface area contributed by atoms with Gasteiger partial charge in [-0.3, -0.25) is 14.9 Å². The van der Waals surface area contributed by atoms with Crippen LogP contribution in [0.1, 0.15) is 6.42 Å². The molecule has 1 unspecified atom stereocenters. The van der Waals surface area contributed by atoms with Gasteiger partial charge in [0.05, 0.1) is 9.95 Å². The summed E-state index contributed by atoms with van der Waals surface area (Å²) in [6, 6.07) is 2.67. The van der Waals surface area contributed by atoms with Gasteiger partial charge < -0.3 is 10.0 Å². The summed E-state index contributed by atoms with van der Waals surface area (Å²) in [6.07, 6.45) is 0.182. The summed E-state index contributed by atoms with van der Waals surface area (Å²) >= 11 is 9.05. The molecule has 1 amide bonds. The Morgan fingerprint density at radius 1 is 1.58 bits per heavy atom. The first-order chi connectivity index (χ1) is 8.93. The van der Waals surface area contributed by atoms with Crippen molar-refractivity contribution in [2.24, 2.45) is 5.92 Å². The van der Waals surface area contributed by atoms with Crippen LogP contribution in [0.4, 0.5) is 11.4 Å². The molecule has 1 atom stereocenters. The number of aliphatic hydroxyl groups excluding tert-OH is 1. The first kappa shape index (κ1) is 14.2. The summed E-state index contributed by atoms with van der Waals surface area (Å²) in [6.45, 7) is 0.133. The molecule has 2 rings (SSSR count). The predicted molar refractivity (Wildman–Crippen MR) is 73.4 cm³/mol. The molecule has 1 aromatic rings. The fourth-order valence-corrected chi connectivity index (χ4v) is 2.51. The third kappa shape index (κ3) is 2.72. The minimum atomic E-state index is -0.560. The van der Waals surface area contributed by atoms with Crippen molar-refractivity contribution < 1.29 is 14.8 Å². The van der Waals surface area contributed by atoms with Crippen molar-refractivity contribution in [2.75, 3.05) is 18.1 Å². The summed E-state index contributed by atoms with van der Waals surface area (Å²) in [5.41, 5.74) is -0.0256. The van der Waals surface area contributed by atoms with Gasteiger partial charge in [-0.25, -0.2) is 0 Å². The first-order valence-electron chi connectivity index (χ1n) is 5.48. The molecule has 1 aliphatic heterocycles. The van der Waals surface area contributed by atoms with Crippen LogP contribution in [0.15, 0.2) is 16.6 Å². The standard InChI is InChI=1S/C11H10BrClN2O4/c12-7-2-10(15(18)19)9(3-8(7)13)14-4-6(5-16)1-11(14)17/h2-3,6,16H,1,4-5H2. The monoisotopic (exact) mass is 348 g/mol. The number of carbonyl (C=O) groups excluding carboxylic acids is 1. The van der Waals surface area contributed by atoms with Gasteiger partial charge in [0.2, 0.25) is 5.91 Å². The van der Waals surface area contributed by atoms with Gasteiger partial charge in [0, 0.05) is 36.0 Å². The van der Waals surface area contributed by atoms with Gasteiger partial charge in [-0.2, -0.15) is 0 Å². The Hall–Kier alpha value is -1.18. The summed E-state index contributed by atoms with van der Waals surface area (Å²) in [4.78, 5) is 23.6. The van der Waals surface area contributed by atoms with Crippen LogP contribution in [0, 0.1) is 16.0 Å². The van der Waals surface area contributed by atoms with Crippen LogP contribution in [-0.2, 0) is 4.79 Å². The second-order valence-corrected chi connectivity index (χ2v) is 5.53. The van der Waals surface area contributed by atoms with Crippen molar-refractivity contribution in [3.63, 3.8) is 0 Å². The van der Waals surface area contributed by atoms with Crippen molar-refractivity contribution >= 4 is 44.8 Å². The van der Waals surface area contributed by atoms with Crippen LogP contribution in [0.2, 0.25) is 5.02 Å². The molecule has 0 radical (unpaired) electrons. The summed E-state index contributed by atoms with van der Waals surface area (Å²) in [5.74, 6) is -0.449. The molecule has 0 aromatic heterocycles. The summed E-state index contributed by atoms with van der Waals surface area (Å²) < 4.78 is 0.398. The highest BCUT2D eigenvalue weighted by Crippen LogP contribution is 2.38. The number of hydrogen-bond acceptors (Lipinski definition) is 4. The number of carbonyl (C=O) groups is 1. The van der Waals surface area contributed by atoms with Crippen LogP contribution >= 0.6 is 27.5 Å². The zero-order valence-electron chi connectivity index (χ0n) is 9.68. The van der Waals surface area contributed by atoms with E-state index in [1.54, 1.807) is 0 Å². The lowest BCUT2D eigenvalue weighted by Gasteiger charge is -2.17. The van der Waals surface area contributed by atoms with Gasteiger partial charge in [-0.15, -0.1) is 0 Å². The highest BCUT2D eigenvalue weighted by atomic mass is 79.9. The fourth-order valence-electron chi connectivity index (χ4n) is 2.02. The van der Waals surface area contributed by atoms with Crippen LogP contribution in [0.5, 0.6) is 0 Å². The molecule has 1 aromatic carbocycles. The van der Waals surface area contributed by atoms with Crippen LogP contribution in [0.25, 0.3) is 0 Å². The van der Waals surface area contributed by atoms with E-state index in [1.807, 2.05) is 0 Å². The van der Waals surface area contributed by atoms with Gasteiger partial charge >= 0.3 is 0 Å². The molecule has 0 bridgehead atoms. The van der Waals surface area contributed by atoms with E-state index in [0.29, 0.717) is 9.50 Å². The van der Waals surface area contributed by atoms with E-state index >= 15 is 0 Å². The molecule has 0 aliphatic carbocycles. The molecule has 0 saturated carbocycles. The maximum atomic E-state index is 11.9. The Bertz CT molecular complexity index is 552. The highest BCUT2D eigenvalue weighted by molar-refractivity contribution is 9.10. The maximum absolute atomic E-state index is 11.9. The van der Waals surface area contributed by atoms with Crippen molar-refractivity contribution in [1.29, 1.82) is 0 Å². The van der Waals surface area contributed by atoms with Gasteiger partial charge in [-0.1, -0.05) is 11.6 Å². The largest absolute Gasteiger partial charge is 0.396 e.